The highest BCUT2D eigenvalue weighted by Gasteiger charge is 2.34. The normalized spacial score (nSPS) is 12.8. The van der Waals surface area contributed by atoms with E-state index in [1.54, 1.807) is 0 Å². The van der Waals surface area contributed by atoms with Gasteiger partial charge in [0.2, 0.25) is 5.91 Å². The molecule has 0 fully saturated rings. The molecule has 0 aliphatic carbocycles. The molecular formula is C7H13F3N2O. The van der Waals surface area contributed by atoms with E-state index in [0.717, 1.165) is 7.05 Å². The van der Waals surface area contributed by atoms with E-state index in [4.69, 9.17) is 5.73 Å². The zero-order valence-electron chi connectivity index (χ0n) is 7.77. The first-order chi connectivity index (χ1) is 5.54. The van der Waals surface area contributed by atoms with Gasteiger partial charge in [-0.3, -0.25) is 4.79 Å². The summed E-state index contributed by atoms with van der Waals surface area (Å²) in [6.45, 7) is 1.46. The van der Waals surface area contributed by atoms with Crippen molar-refractivity contribution >= 4 is 5.91 Å². The Morgan fingerprint density at radius 3 is 2.00 bits per heavy atom. The molecule has 0 aromatic rings. The van der Waals surface area contributed by atoms with Gasteiger partial charge in [0.15, 0.2) is 0 Å². The number of likely N-dealkylation sites (N-methyl/N-ethyl adjacent to an activating group) is 1. The Balaban J connectivity index is 4.30. The summed E-state index contributed by atoms with van der Waals surface area (Å²) in [5.41, 5.74) is 4.08. The molecule has 0 saturated carbocycles. The molecule has 0 heterocycles. The number of rotatable bonds is 2. The van der Waals surface area contributed by atoms with E-state index >= 15 is 0 Å². The number of carbonyl (C=O) groups is 1. The smallest absolute Gasteiger partial charge is 0.335 e. The van der Waals surface area contributed by atoms with E-state index in [1.807, 2.05) is 0 Å². The van der Waals surface area contributed by atoms with Gasteiger partial charge in [-0.1, -0.05) is 0 Å². The average Bonchev–Trinajstić information content (AvgIpc) is 1.79. The van der Waals surface area contributed by atoms with Gasteiger partial charge in [0.1, 0.15) is 6.54 Å². The van der Waals surface area contributed by atoms with Crippen LogP contribution in [0, 0.1) is 0 Å². The van der Waals surface area contributed by atoms with Gasteiger partial charge in [0.05, 0.1) is 5.54 Å². The monoisotopic (exact) mass is 198 g/mol. The summed E-state index contributed by atoms with van der Waals surface area (Å²) in [5.74, 6) is -0.732. The maximum atomic E-state index is 11.8. The maximum Gasteiger partial charge on any atom is 0.406 e. The van der Waals surface area contributed by atoms with Crippen molar-refractivity contribution in [1.82, 2.24) is 4.90 Å². The van der Waals surface area contributed by atoms with Gasteiger partial charge in [0.25, 0.3) is 0 Å². The molecule has 0 aliphatic rings. The number of hydrogen-bond donors (Lipinski definition) is 1. The fourth-order valence-electron chi connectivity index (χ4n) is 0.833. The molecule has 0 bridgehead atoms. The zero-order chi connectivity index (χ0) is 10.9. The number of alkyl halides is 3. The number of nitrogens with zero attached hydrogens (tertiary/aromatic N) is 1. The number of carbonyl (C=O) groups excluding carboxylic acids is 1. The van der Waals surface area contributed by atoms with Gasteiger partial charge in [-0.05, 0) is 13.8 Å². The van der Waals surface area contributed by atoms with Crippen LogP contribution in [-0.2, 0) is 4.79 Å². The first-order valence-electron chi connectivity index (χ1n) is 3.65. The van der Waals surface area contributed by atoms with Crippen molar-refractivity contribution < 1.29 is 18.0 Å². The van der Waals surface area contributed by atoms with Crippen molar-refractivity contribution in [3.8, 4) is 0 Å². The highest BCUT2D eigenvalue weighted by Crippen LogP contribution is 2.16. The fourth-order valence-corrected chi connectivity index (χ4v) is 0.833. The van der Waals surface area contributed by atoms with Gasteiger partial charge in [0, 0.05) is 7.05 Å². The number of nitrogens with two attached hydrogens (primary N) is 1. The first kappa shape index (κ1) is 12.2. The maximum absolute atomic E-state index is 11.8. The highest BCUT2D eigenvalue weighted by molar-refractivity contribution is 5.84. The Hall–Kier alpha value is -0.780. The van der Waals surface area contributed by atoms with Crippen molar-refractivity contribution in [2.24, 2.45) is 5.73 Å². The third-order valence-electron chi connectivity index (χ3n) is 1.31. The van der Waals surface area contributed by atoms with Crippen molar-refractivity contribution in [2.75, 3.05) is 13.6 Å². The molecule has 0 rings (SSSR count). The summed E-state index contributed by atoms with van der Waals surface area (Å²) < 4.78 is 35.5. The SMILES string of the molecule is CN(CC(F)(F)F)C(=O)C(C)(C)N. The lowest BCUT2D eigenvalue weighted by atomic mass is 10.1. The molecule has 0 unspecified atom stereocenters. The van der Waals surface area contributed by atoms with E-state index in [0.29, 0.717) is 4.90 Å². The number of hydrogen-bond acceptors (Lipinski definition) is 2. The summed E-state index contributed by atoms with van der Waals surface area (Å²) >= 11 is 0. The lowest BCUT2D eigenvalue weighted by Crippen LogP contribution is -2.51. The molecule has 2 N–H and O–H groups in total. The van der Waals surface area contributed by atoms with Crippen LogP contribution in [0.2, 0.25) is 0 Å². The molecule has 13 heavy (non-hydrogen) atoms. The Bertz CT molecular complexity index is 195. The summed E-state index contributed by atoms with van der Waals surface area (Å²) in [4.78, 5) is 11.7. The predicted molar refractivity (Wildman–Crippen MR) is 42.0 cm³/mol. The van der Waals surface area contributed by atoms with Crippen LogP contribution < -0.4 is 5.73 Å². The van der Waals surface area contributed by atoms with E-state index < -0.39 is 24.2 Å². The van der Waals surface area contributed by atoms with Crippen molar-refractivity contribution in [3.63, 3.8) is 0 Å². The predicted octanol–water partition coefficient (Wildman–Crippen LogP) is 0.744. The lowest BCUT2D eigenvalue weighted by Gasteiger charge is -2.26. The molecule has 0 aromatic carbocycles. The third kappa shape index (κ3) is 4.72. The minimum Gasteiger partial charge on any atom is -0.335 e. The molecule has 0 saturated heterocycles. The second-order valence-corrected chi connectivity index (χ2v) is 3.50. The van der Waals surface area contributed by atoms with Crippen LogP contribution in [0.1, 0.15) is 13.8 Å². The van der Waals surface area contributed by atoms with Gasteiger partial charge in [-0.15, -0.1) is 0 Å². The largest absolute Gasteiger partial charge is 0.406 e. The van der Waals surface area contributed by atoms with E-state index in [9.17, 15) is 18.0 Å². The number of amides is 1. The molecule has 0 radical (unpaired) electrons. The first-order valence-corrected chi connectivity index (χ1v) is 3.65. The van der Waals surface area contributed by atoms with Crippen LogP contribution in [0.3, 0.4) is 0 Å². The van der Waals surface area contributed by atoms with E-state index in [1.165, 1.54) is 13.8 Å². The molecule has 0 atom stereocenters. The lowest BCUT2D eigenvalue weighted by molar-refractivity contribution is -0.161. The highest BCUT2D eigenvalue weighted by atomic mass is 19.4. The third-order valence-corrected chi connectivity index (χ3v) is 1.31. The molecule has 6 heteroatoms. The minimum absolute atomic E-state index is 0.569. The Kier molecular flexibility index (Phi) is 3.32. The fraction of sp³-hybridized carbons (Fsp3) is 0.857. The van der Waals surface area contributed by atoms with E-state index in [-0.39, 0.29) is 0 Å². The Labute approximate surface area is 74.7 Å². The molecule has 0 aliphatic heterocycles. The van der Waals surface area contributed by atoms with Gasteiger partial charge in [-0.25, -0.2) is 0 Å². The van der Waals surface area contributed by atoms with Gasteiger partial charge < -0.3 is 10.6 Å². The summed E-state index contributed by atoms with van der Waals surface area (Å²) in [6.07, 6.45) is -4.38. The molecule has 1 amide bonds. The van der Waals surface area contributed by atoms with Crippen molar-refractivity contribution in [3.05, 3.63) is 0 Å². The summed E-state index contributed by atoms with van der Waals surface area (Å²) in [6, 6.07) is 0. The molecule has 3 nitrogen and oxygen atoms in total. The summed E-state index contributed by atoms with van der Waals surface area (Å²) in [5, 5.41) is 0. The average molecular weight is 198 g/mol. The van der Waals surface area contributed by atoms with Crippen LogP contribution in [0.15, 0.2) is 0 Å². The number of halogens is 3. The van der Waals surface area contributed by atoms with Crippen LogP contribution >= 0.6 is 0 Å². The second kappa shape index (κ2) is 3.53. The molecular weight excluding hydrogens is 185 g/mol. The van der Waals surface area contributed by atoms with Crippen molar-refractivity contribution in [2.45, 2.75) is 25.6 Å². The second-order valence-electron chi connectivity index (χ2n) is 3.50. The molecule has 0 aromatic heterocycles. The van der Waals surface area contributed by atoms with Crippen molar-refractivity contribution in [1.29, 1.82) is 0 Å². The zero-order valence-corrected chi connectivity index (χ0v) is 7.77. The van der Waals surface area contributed by atoms with Crippen LogP contribution in [0.5, 0.6) is 0 Å². The standard InChI is InChI=1S/C7H13F3N2O/c1-6(2,11)5(13)12(3)4-7(8,9)10/h4,11H2,1-3H3. The van der Waals surface area contributed by atoms with E-state index in [2.05, 4.69) is 0 Å². The van der Waals surface area contributed by atoms with Crippen LogP contribution in [-0.4, -0.2) is 36.1 Å². The molecule has 0 spiro atoms. The minimum atomic E-state index is -4.38. The quantitative estimate of drug-likeness (QED) is 0.711. The van der Waals surface area contributed by atoms with Gasteiger partial charge in [-0.2, -0.15) is 13.2 Å². The van der Waals surface area contributed by atoms with Crippen LogP contribution in [0.4, 0.5) is 13.2 Å². The topological polar surface area (TPSA) is 46.3 Å². The molecule has 78 valence electrons. The summed E-state index contributed by atoms with van der Waals surface area (Å²) in [7, 11) is 1.07. The van der Waals surface area contributed by atoms with Crippen LogP contribution in [0.25, 0.3) is 0 Å². The Morgan fingerprint density at radius 2 is 1.77 bits per heavy atom. The van der Waals surface area contributed by atoms with Gasteiger partial charge >= 0.3 is 6.18 Å². The Morgan fingerprint density at radius 1 is 1.38 bits per heavy atom.